The molecule has 0 aromatic heterocycles. The van der Waals surface area contributed by atoms with Crippen LogP contribution in [-0.4, -0.2) is 12.4 Å². The third-order valence-corrected chi connectivity index (χ3v) is 4.41. The van der Waals surface area contributed by atoms with Crippen LogP contribution in [0.15, 0.2) is 23.1 Å². The molecule has 1 aromatic carbocycles. The van der Waals surface area contributed by atoms with Crippen molar-refractivity contribution in [1.82, 2.24) is 0 Å². The fourth-order valence-corrected chi connectivity index (χ4v) is 3.07. The van der Waals surface area contributed by atoms with Crippen LogP contribution in [-0.2, 0) is 0 Å². The minimum absolute atomic E-state index is 0.267. The molecule has 2 unspecified atom stereocenters. The van der Waals surface area contributed by atoms with Crippen LogP contribution in [0.25, 0.3) is 0 Å². The number of thioether (sulfide) groups is 1. The molecule has 18 heavy (non-hydrogen) atoms. The molecular formula is C15H19NOS. The van der Waals surface area contributed by atoms with E-state index >= 15 is 0 Å². The summed E-state index contributed by atoms with van der Waals surface area (Å²) in [5.41, 5.74) is 0.683. The van der Waals surface area contributed by atoms with Crippen molar-refractivity contribution < 1.29 is 4.74 Å². The molecule has 2 rings (SSSR count). The van der Waals surface area contributed by atoms with E-state index in [0.717, 1.165) is 17.1 Å². The topological polar surface area (TPSA) is 33.0 Å². The van der Waals surface area contributed by atoms with Gasteiger partial charge in [-0.15, -0.1) is 11.8 Å². The summed E-state index contributed by atoms with van der Waals surface area (Å²) in [6.45, 7) is 2.24. The Morgan fingerprint density at radius 1 is 1.33 bits per heavy atom. The van der Waals surface area contributed by atoms with Gasteiger partial charge >= 0.3 is 0 Å². The fourth-order valence-electron chi connectivity index (χ4n) is 2.51. The quantitative estimate of drug-likeness (QED) is 0.763. The van der Waals surface area contributed by atoms with Gasteiger partial charge in [0.1, 0.15) is 23.5 Å². The second-order valence-electron chi connectivity index (χ2n) is 4.86. The molecule has 2 nitrogen and oxygen atoms in total. The van der Waals surface area contributed by atoms with E-state index in [1.165, 1.54) is 19.3 Å². The lowest BCUT2D eigenvalue weighted by Gasteiger charge is -2.29. The molecule has 1 fully saturated rings. The zero-order chi connectivity index (χ0) is 13.0. The highest BCUT2D eigenvalue weighted by Gasteiger charge is 2.24. The molecule has 1 aromatic rings. The number of rotatable bonds is 3. The van der Waals surface area contributed by atoms with Crippen molar-refractivity contribution in [3.8, 4) is 11.8 Å². The first-order valence-electron chi connectivity index (χ1n) is 6.50. The minimum atomic E-state index is 0.267. The first-order chi connectivity index (χ1) is 8.76. The van der Waals surface area contributed by atoms with Gasteiger partial charge in [0.15, 0.2) is 0 Å². The normalized spacial score (nSPS) is 23.4. The van der Waals surface area contributed by atoms with E-state index < -0.39 is 0 Å². The van der Waals surface area contributed by atoms with E-state index in [1.807, 2.05) is 24.5 Å². The number of hydrogen-bond acceptors (Lipinski definition) is 3. The van der Waals surface area contributed by atoms with Crippen LogP contribution in [0.4, 0.5) is 0 Å². The molecule has 1 saturated carbocycles. The summed E-state index contributed by atoms with van der Waals surface area (Å²) in [6.07, 6.45) is 7.13. The third kappa shape index (κ3) is 2.81. The maximum atomic E-state index is 9.28. The Balaban J connectivity index is 2.20. The second-order valence-corrected chi connectivity index (χ2v) is 5.71. The van der Waals surface area contributed by atoms with Crippen molar-refractivity contribution >= 4 is 11.8 Å². The van der Waals surface area contributed by atoms with Gasteiger partial charge in [-0.2, -0.15) is 5.26 Å². The highest BCUT2D eigenvalue weighted by Crippen LogP contribution is 2.32. The van der Waals surface area contributed by atoms with Gasteiger partial charge < -0.3 is 4.74 Å². The summed E-state index contributed by atoms with van der Waals surface area (Å²) >= 11 is 1.59. The van der Waals surface area contributed by atoms with Crippen LogP contribution < -0.4 is 4.74 Å². The van der Waals surface area contributed by atoms with Crippen LogP contribution >= 0.6 is 11.8 Å². The first kappa shape index (κ1) is 13.3. The number of hydrogen-bond donors (Lipinski definition) is 0. The zero-order valence-electron chi connectivity index (χ0n) is 11.0. The summed E-state index contributed by atoms with van der Waals surface area (Å²) in [7, 11) is 0. The van der Waals surface area contributed by atoms with E-state index in [4.69, 9.17) is 4.74 Å². The Morgan fingerprint density at radius 3 is 2.78 bits per heavy atom. The van der Waals surface area contributed by atoms with E-state index in [1.54, 1.807) is 11.8 Å². The summed E-state index contributed by atoms with van der Waals surface area (Å²) in [6, 6.07) is 8.13. The van der Waals surface area contributed by atoms with Crippen LogP contribution in [0.5, 0.6) is 5.75 Å². The van der Waals surface area contributed by atoms with Gasteiger partial charge in [0.05, 0.1) is 0 Å². The van der Waals surface area contributed by atoms with E-state index in [9.17, 15) is 5.26 Å². The molecule has 1 aliphatic rings. The summed E-state index contributed by atoms with van der Waals surface area (Å²) in [4.78, 5) is 0.999. The number of nitriles is 1. The van der Waals surface area contributed by atoms with Crippen LogP contribution in [0.3, 0.4) is 0 Å². The molecule has 0 N–H and O–H groups in total. The van der Waals surface area contributed by atoms with Crippen molar-refractivity contribution in [2.24, 2.45) is 5.92 Å². The molecule has 2 atom stereocenters. The Hall–Kier alpha value is -1.14. The lowest BCUT2D eigenvalue weighted by molar-refractivity contribution is 0.102. The monoisotopic (exact) mass is 261 g/mol. The predicted octanol–water partition coefficient (Wildman–Crippen LogP) is 4.24. The SMILES string of the molecule is CSc1cccc(OC2CCCCC2C)c1C#N. The number of nitrogens with zero attached hydrogens (tertiary/aromatic N) is 1. The molecule has 0 saturated heterocycles. The average molecular weight is 261 g/mol. The van der Waals surface area contributed by atoms with Crippen molar-refractivity contribution in [2.45, 2.75) is 43.6 Å². The molecule has 0 heterocycles. The van der Waals surface area contributed by atoms with Gasteiger partial charge in [-0.25, -0.2) is 0 Å². The van der Waals surface area contributed by atoms with Crippen molar-refractivity contribution in [3.63, 3.8) is 0 Å². The maximum absolute atomic E-state index is 9.28. The standard InChI is InChI=1S/C15H19NOS/c1-11-6-3-4-7-13(11)17-14-8-5-9-15(18-2)12(14)10-16/h5,8-9,11,13H,3-4,6-7H2,1-2H3. The average Bonchev–Trinajstić information content (AvgIpc) is 2.41. The van der Waals surface area contributed by atoms with E-state index in [-0.39, 0.29) is 6.10 Å². The van der Waals surface area contributed by atoms with Crippen molar-refractivity contribution in [3.05, 3.63) is 23.8 Å². The Bertz CT molecular complexity index is 452. The van der Waals surface area contributed by atoms with E-state index in [2.05, 4.69) is 13.0 Å². The molecule has 1 aliphatic carbocycles. The van der Waals surface area contributed by atoms with Gasteiger partial charge in [0, 0.05) is 4.90 Å². The first-order valence-corrected chi connectivity index (χ1v) is 7.72. The highest BCUT2D eigenvalue weighted by atomic mass is 32.2. The molecule has 0 radical (unpaired) electrons. The van der Waals surface area contributed by atoms with Gasteiger partial charge in [0.2, 0.25) is 0 Å². The fraction of sp³-hybridized carbons (Fsp3) is 0.533. The van der Waals surface area contributed by atoms with Crippen LogP contribution in [0.2, 0.25) is 0 Å². The van der Waals surface area contributed by atoms with Gasteiger partial charge in [-0.3, -0.25) is 0 Å². The van der Waals surface area contributed by atoms with E-state index in [0.29, 0.717) is 11.5 Å². The molecule has 0 amide bonds. The highest BCUT2D eigenvalue weighted by molar-refractivity contribution is 7.98. The molecular weight excluding hydrogens is 242 g/mol. The summed E-state index contributed by atoms with van der Waals surface area (Å²) in [5, 5.41) is 9.28. The Labute approximate surface area is 113 Å². The predicted molar refractivity (Wildman–Crippen MR) is 75.0 cm³/mol. The number of ether oxygens (including phenoxy) is 1. The molecule has 0 bridgehead atoms. The van der Waals surface area contributed by atoms with Gasteiger partial charge in [-0.05, 0) is 43.6 Å². The lowest BCUT2D eigenvalue weighted by Crippen LogP contribution is -2.28. The zero-order valence-corrected chi connectivity index (χ0v) is 11.8. The largest absolute Gasteiger partial charge is 0.489 e. The lowest BCUT2D eigenvalue weighted by atomic mass is 9.88. The molecule has 3 heteroatoms. The Kier molecular flexibility index (Phi) is 4.54. The smallest absolute Gasteiger partial charge is 0.138 e. The van der Waals surface area contributed by atoms with Crippen LogP contribution in [0, 0.1) is 17.2 Å². The van der Waals surface area contributed by atoms with Crippen LogP contribution in [0.1, 0.15) is 38.2 Å². The minimum Gasteiger partial charge on any atom is -0.489 e. The van der Waals surface area contributed by atoms with Crippen molar-refractivity contribution in [2.75, 3.05) is 6.26 Å². The summed E-state index contributed by atoms with van der Waals surface area (Å²) in [5.74, 6) is 1.34. The molecule has 0 spiro atoms. The second kappa shape index (κ2) is 6.15. The molecule has 0 aliphatic heterocycles. The number of benzene rings is 1. The van der Waals surface area contributed by atoms with Gasteiger partial charge in [-0.1, -0.05) is 19.4 Å². The maximum Gasteiger partial charge on any atom is 0.138 e. The van der Waals surface area contributed by atoms with Crippen molar-refractivity contribution in [1.29, 1.82) is 5.26 Å². The van der Waals surface area contributed by atoms with Gasteiger partial charge in [0.25, 0.3) is 0 Å². The third-order valence-electron chi connectivity index (χ3n) is 3.63. The summed E-state index contributed by atoms with van der Waals surface area (Å²) < 4.78 is 6.10. The Morgan fingerprint density at radius 2 is 2.11 bits per heavy atom. The molecule has 96 valence electrons.